The van der Waals surface area contributed by atoms with E-state index in [2.05, 4.69) is 4.90 Å². The van der Waals surface area contributed by atoms with Crippen LogP contribution in [-0.2, 0) is 4.74 Å². The van der Waals surface area contributed by atoms with Gasteiger partial charge >= 0.3 is 0 Å². The van der Waals surface area contributed by atoms with Gasteiger partial charge < -0.3 is 14.9 Å². The molecule has 1 rings (SSSR count). The number of hydrogen-bond donors (Lipinski definition) is 2. The Morgan fingerprint density at radius 3 is 2.75 bits per heavy atom. The van der Waals surface area contributed by atoms with Gasteiger partial charge in [-0.1, -0.05) is 13.3 Å². The molecule has 1 aliphatic heterocycles. The maximum absolute atomic E-state index is 9.94. The predicted molar refractivity (Wildman–Crippen MR) is 63.4 cm³/mol. The molecule has 16 heavy (non-hydrogen) atoms. The summed E-state index contributed by atoms with van der Waals surface area (Å²) in [6.45, 7) is 3.95. The van der Waals surface area contributed by atoms with Crippen LogP contribution in [0.5, 0.6) is 0 Å². The van der Waals surface area contributed by atoms with Gasteiger partial charge in [0.05, 0.1) is 18.8 Å². The van der Waals surface area contributed by atoms with E-state index in [0.717, 1.165) is 25.8 Å². The van der Waals surface area contributed by atoms with E-state index in [9.17, 15) is 10.2 Å². The number of ether oxygens (including phenoxy) is 1. The van der Waals surface area contributed by atoms with Crippen molar-refractivity contribution in [2.45, 2.75) is 50.9 Å². The third kappa shape index (κ3) is 4.01. The van der Waals surface area contributed by atoms with Crippen molar-refractivity contribution in [2.75, 3.05) is 26.8 Å². The van der Waals surface area contributed by atoms with E-state index in [1.54, 1.807) is 7.11 Å². The van der Waals surface area contributed by atoms with Crippen LogP contribution in [0, 0.1) is 0 Å². The third-order valence-corrected chi connectivity index (χ3v) is 3.33. The molecule has 0 unspecified atom stereocenters. The van der Waals surface area contributed by atoms with Gasteiger partial charge in [-0.05, 0) is 25.8 Å². The lowest BCUT2D eigenvalue weighted by Crippen LogP contribution is -2.49. The van der Waals surface area contributed by atoms with E-state index in [4.69, 9.17) is 4.74 Å². The summed E-state index contributed by atoms with van der Waals surface area (Å²) in [5.41, 5.74) is 0. The highest BCUT2D eigenvalue weighted by Gasteiger charge is 2.28. The van der Waals surface area contributed by atoms with Crippen molar-refractivity contribution in [3.63, 3.8) is 0 Å². The van der Waals surface area contributed by atoms with Crippen LogP contribution in [0.4, 0.5) is 0 Å². The number of hydrogen-bond acceptors (Lipinski definition) is 4. The number of aliphatic hydroxyl groups excluding tert-OH is 2. The minimum atomic E-state index is -0.449. The van der Waals surface area contributed by atoms with E-state index in [1.165, 1.54) is 6.42 Å². The summed E-state index contributed by atoms with van der Waals surface area (Å²) in [6.07, 6.45) is 3.44. The van der Waals surface area contributed by atoms with Crippen molar-refractivity contribution in [3.05, 3.63) is 0 Å². The quantitative estimate of drug-likeness (QED) is 0.703. The predicted octanol–water partition coefficient (Wildman–Crippen LogP) is 0.619. The number of β-amino-alcohol motifs (C(OH)–C–C–N with tert-alkyl or cyclic N) is 1. The first kappa shape index (κ1) is 13.9. The normalized spacial score (nSPS) is 26.6. The van der Waals surface area contributed by atoms with Crippen LogP contribution in [0.2, 0.25) is 0 Å². The van der Waals surface area contributed by atoms with Crippen LogP contribution in [0.25, 0.3) is 0 Å². The minimum absolute atomic E-state index is 0.213. The van der Waals surface area contributed by atoms with Crippen molar-refractivity contribution < 1.29 is 14.9 Å². The summed E-state index contributed by atoms with van der Waals surface area (Å²) in [6, 6.07) is 0.213. The van der Waals surface area contributed by atoms with Gasteiger partial charge in [0.25, 0.3) is 0 Å². The number of methoxy groups -OCH3 is 1. The fourth-order valence-electron chi connectivity index (χ4n) is 2.47. The molecule has 0 radical (unpaired) electrons. The lowest BCUT2D eigenvalue weighted by Gasteiger charge is -2.39. The Labute approximate surface area is 98.2 Å². The topological polar surface area (TPSA) is 52.9 Å². The van der Waals surface area contributed by atoms with Crippen LogP contribution < -0.4 is 0 Å². The molecule has 4 nitrogen and oxygen atoms in total. The van der Waals surface area contributed by atoms with E-state index in [0.29, 0.717) is 13.2 Å². The fourth-order valence-corrected chi connectivity index (χ4v) is 2.47. The molecule has 4 heteroatoms. The van der Waals surface area contributed by atoms with Crippen LogP contribution >= 0.6 is 0 Å². The van der Waals surface area contributed by atoms with Crippen molar-refractivity contribution in [3.8, 4) is 0 Å². The Kier molecular flexibility index (Phi) is 6.28. The molecule has 0 aromatic carbocycles. The van der Waals surface area contributed by atoms with Gasteiger partial charge in [0.1, 0.15) is 0 Å². The van der Waals surface area contributed by atoms with E-state index < -0.39 is 6.10 Å². The molecule has 2 N–H and O–H groups in total. The maximum atomic E-state index is 9.94. The fraction of sp³-hybridized carbons (Fsp3) is 1.00. The number of nitrogens with zero attached hydrogens (tertiary/aromatic N) is 1. The highest BCUT2D eigenvalue weighted by Crippen LogP contribution is 2.21. The highest BCUT2D eigenvalue weighted by molar-refractivity contribution is 4.83. The molecule has 3 atom stereocenters. The smallest absolute Gasteiger partial charge is 0.0900 e. The van der Waals surface area contributed by atoms with Crippen LogP contribution in [0.15, 0.2) is 0 Å². The summed E-state index contributed by atoms with van der Waals surface area (Å²) in [4.78, 5) is 2.21. The standard InChI is InChI=1S/C12H25NO3/c1-3-12(15)11-6-4-5-7-13(11)8-10(14)9-16-2/h10-12,14-15H,3-9H2,1-2H3/t10-,11-,12-/m0/s1. The Hall–Kier alpha value is -0.160. The monoisotopic (exact) mass is 231 g/mol. The molecule has 96 valence electrons. The lowest BCUT2D eigenvalue weighted by atomic mass is 9.95. The van der Waals surface area contributed by atoms with Gasteiger partial charge in [-0.15, -0.1) is 0 Å². The first-order chi connectivity index (χ1) is 7.69. The summed E-state index contributed by atoms with van der Waals surface area (Å²) in [5.74, 6) is 0. The molecule has 0 aromatic rings. The molecule has 0 saturated carbocycles. The lowest BCUT2D eigenvalue weighted by molar-refractivity contribution is -0.0186. The Morgan fingerprint density at radius 2 is 2.12 bits per heavy atom. The second-order valence-electron chi connectivity index (χ2n) is 4.64. The summed E-state index contributed by atoms with van der Waals surface area (Å²) >= 11 is 0. The van der Waals surface area contributed by atoms with Crippen molar-refractivity contribution in [2.24, 2.45) is 0 Å². The molecule has 0 aliphatic carbocycles. The minimum Gasteiger partial charge on any atom is -0.392 e. The number of likely N-dealkylation sites (tertiary alicyclic amines) is 1. The number of rotatable bonds is 6. The second-order valence-corrected chi connectivity index (χ2v) is 4.64. The molecular weight excluding hydrogens is 206 g/mol. The Balaban J connectivity index is 2.46. The summed E-state index contributed by atoms with van der Waals surface area (Å²) in [5, 5.41) is 19.7. The molecule has 0 bridgehead atoms. The first-order valence-electron chi connectivity index (χ1n) is 6.28. The average Bonchev–Trinajstić information content (AvgIpc) is 2.29. The van der Waals surface area contributed by atoms with E-state index >= 15 is 0 Å². The molecular formula is C12H25NO3. The largest absolute Gasteiger partial charge is 0.392 e. The zero-order valence-corrected chi connectivity index (χ0v) is 10.4. The van der Waals surface area contributed by atoms with Gasteiger partial charge in [-0.25, -0.2) is 0 Å². The maximum Gasteiger partial charge on any atom is 0.0900 e. The zero-order valence-electron chi connectivity index (χ0n) is 10.4. The van der Waals surface area contributed by atoms with Gasteiger partial charge in [0.2, 0.25) is 0 Å². The molecule has 1 fully saturated rings. The number of piperidine rings is 1. The first-order valence-corrected chi connectivity index (χ1v) is 6.28. The molecule has 0 aromatic heterocycles. The summed E-state index contributed by atoms with van der Waals surface area (Å²) in [7, 11) is 1.60. The summed E-state index contributed by atoms with van der Waals surface area (Å²) < 4.78 is 4.93. The Morgan fingerprint density at radius 1 is 1.38 bits per heavy atom. The van der Waals surface area contributed by atoms with E-state index in [-0.39, 0.29) is 12.1 Å². The number of aliphatic hydroxyl groups is 2. The van der Waals surface area contributed by atoms with Crippen molar-refractivity contribution >= 4 is 0 Å². The van der Waals surface area contributed by atoms with Crippen molar-refractivity contribution in [1.82, 2.24) is 4.90 Å². The third-order valence-electron chi connectivity index (χ3n) is 3.33. The molecule has 0 amide bonds. The van der Waals surface area contributed by atoms with Crippen LogP contribution in [-0.4, -0.2) is 60.2 Å². The molecule has 1 aliphatic rings. The second kappa shape index (κ2) is 7.22. The molecule has 1 saturated heterocycles. The van der Waals surface area contributed by atoms with Crippen molar-refractivity contribution in [1.29, 1.82) is 0 Å². The van der Waals surface area contributed by atoms with Gasteiger partial charge in [-0.3, -0.25) is 4.90 Å². The van der Waals surface area contributed by atoms with Gasteiger partial charge in [-0.2, -0.15) is 0 Å². The van der Waals surface area contributed by atoms with Crippen LogP contribution in [0.3, 0.4) is 0 Å². The molecule has 1 heterocycles. The average molecular weight is 231 g/mol. The van der Waals surface area contributed by atoms with Crippen LogP contribution in [0.1, 0.15) is 32.6 Å². The van der Waals surface area contributed by atoms with Gasteiger partial charge in [0.15, 0.2) is 0 Å². The molecule has 0 spiro atoms. The Bertz CT molecular complexity index is 189. The SMILES string of the molecule is CC[C@H](O)[C@@H]1CCCCN1C[C@H](O)COC. The highest BCUT2D eigenvalue weighted by atomic mass is 16.5. The van der Waals surface area contributed by atoms with Gasteiger partial charge in [0, 0.05) is 19.7 Å². The zero-order chi connectivity index (χ0) is 12.0. The van der Waals surface area contributed by atoms with E-state index in [1.807, 2.05) is 6.92 Å².